The molecule has 33 heavy (non-hydrogen) atoms. The van der Waals surface area contributed by atoms with Crippen molar-refractivity contribution >= 4 is 51.7 Å². The molecular formula is C19H12N6O7S. The number of nitro benzene ring substituents is 2. The van der Waals surface area contributed by atoms with Crippen LogP contribution < -0.4 is 9.47 Å². The molecule has 4 rings (SSSR count). The zero-order valence-electron chi connectivity index (χ0n) is 16.6. The van der Waals surface area contributed by atoms with Gasteiger partial charge in [-0.2, -0.15) is 15.1 Å². The summed E-state index contributed by atoms with van der Waals surface area (Å²) in [5.74, 6) is -0.671. The van der Waals surface area contributed by atoms with Gasteiger partial charge >= 0.3 is 5.69 Å². The molecule has 2 aromatic carbocycles. The number of nitro groups is 2. The molecule has 0 spiro atoms. The third-order valence-electron chi connectivity index (χ3n) is 4.47. The average Bonchev–Trinajstić information content (AvgIpc) is 3.26. The van der Waals surface area contributed by atoms with E-state index in [1.165, 1.54) is 35.9 Å². The van der Waals surface area contributed by atoms with Crippen molar-refractivity contribution in [3.05, 3.63) is 67.8 Å². The zero-order valence-corrected chi connectivity index (χ0v) is 17.4. The molecule has 0 atom stereocenters. The monoisotopic (exact) mass is 468 g/mol. The predicted molar refractivity (Wildman–Crippen MR) is 119 cm³/mol. The quantitative estimate of drug-likeness (QED) is 0.377. The molecule has 0 fully saturated rings. The van der Waals surface area contributed by atoms with Gasteiger partial charge in [0.05, 0.1) is 34.1 Å². The maximum Gasteiger partial charge on any atom is 0.318 e. The molecule has 1 N–H and O–H groups in total. The smallest absolute Gasteiger partial charge is 0.318 e. The topological polar surface area (TPSA) is 174 Å². The average molecular weight is 468 g/mol. The first kappa shape index (κ1) is 21.6. The van der Waals surface area contributed by atoms with Crippen LogP contribution in [-0.2, 0) is 4.79 Å². The lowest BCUT2D eigenvalue weighted by molar-refractivity contribution is -0.394. The van der Waals surface area contributed by atoms with E-state index >= 15 is 0 Å². The van der Waals surface area contributed by atoms with Crippen LogP contribution in [0.5, 0.6) is 17.2 Å². The minimum absolute atomic E-state index is 0.0140. The molecule has 14 heteroatoms. The lowest BCUT2D eigenvalue weighted by atomic mass is 10.1. The lowest BCUT2D eigenvalue weighted by Gasteiger charge is -2.20. The van der Waals surface area contributed by atoms with Crippen LogP contribution in [-0.4, -0.2) is 44.4 Å². The van der Waals surface area contributed by atoms with Gasteiger partial charge in [-0.1, -0.05) is 6.07 Å². The molecule has 13 nitrogen and oxygen atoms in total. The number of amidine groups is 2. The second kappa shape index (κ2) is 8.51. The zero-order chi connectivity index (χ0) is 23.7. The van der Waals surface area contributed by atoms with Crippen molar-refractivity contribution in [1.82, 2.24) is 5.01 Å². The summed E-state index contributed by atoms with van der Waals surface area (Å²) in [4.78, 5) is 36.9. The first-order chi connectivity index (χ1) is 15.8. The van der Waals surface area contributed by atoms with Gasteiger partial charge in [0.1, 0.15) is 0 Å². The molecule has 2 aliphatic rings. The number of hydrazone groups is 1. The fourth-order valence-corrected chi connectivity index (χ4v) is 3.54. The Morgan fingerprint density at radius 3 is 2.55 bits per heavy atom. The maximum atomic E-state index is 12.3. The van der Waals surface area contributed by atoms with E-state index in [1.54, 1.807) is 6.07 Å². The summed E-state index contributed by atoms with van der Waals surface area (Å²) in [6.45, 7) is 0. The molecule has 166 valence electrons. The Bertz CT molecular complexity index is 1320. The van der Waals surface area contributed by atoms with Crippen LogP contribution in [0.3, 0.4) is 0 Å². The fraction of sp³-hybridized carbons (Fsp3) is 0.0526. The minimum Gasteiger partial charge on any atom is -0.493 e. The molecule has 1 amide bonds. The van der Waals surface area contributed by atoms with Gasteiger partial charge in [-0.15, -0.1) is 0 Å². The van der Waals surface area contributed by atoms with Crippen molar-refractivity contribution in [2.75, 3.05) is 7.11 Å². The summed E-state index contributed by atoms with van der Waals surface area (Å²) >= 11 is 1.13. The number of amides is 1. The van der Waals surface area contributed by atoms with Crippen LogP contribution >= 0.6 is 11.8 Å². The molecule has 0 saturated heterocycles. The highest BCUT2D eigenvalue weighted by atomic mass is 32.2. The van der Waals surface area contributed by atoms with Crippen molar-refractivity contribution in [1.29, 1.82) is 5.41 Å². The van der Waals surface area contributed by atoms with E-state index in [1.807, 2.05) is 0 Å². The second-order valence-electron chi connectivity index (χ2n) is 6.44. The van der Waals surface area contributed by atoms with Gasteiger partial charge in [0.25, 0.3) is 11.6 Å². The molecule has 2 aromatic rings. The summed E-state index contributed by atoms with van der Waals surface area (Å²) in [6.07, 6.45) is 1.43. The number of ether oxygens (including phenoxy) is 2. The number of carbonyl (C=O) groups excluding carboxylic acids is 1. The molecule has 0 bridgehead atoms. The van der Waals surface area contributed by atoms with Crippen LogP contribution in [0.4, 0.5) is 11.4 Å². The van der Waals surface area contributed by atoms with E-state index < -0.39 is 27.1 Å². The molecule has 0 saturated carbocycles. The number of methoxy groups -OCH3 is 1. The number of rotatable bonds is 6. The van der Waals surface area contributed by atoms with E-state index in [4.69, 9.17) is 14.9 Å². The summed E-state index contributed by atoms with van der Waals surface area (Å²) < 4.78 is 10.9. The summed E-state index contributed by atoms with van der Waals surface area (Å²) in [5.41, 5.74) is 0.918. The number of thioether (sulfide) groups is 1. The molecular weight excluding hydrogens is 456 g/mol. The maximum absolute atomic E-state index is 12.3. The van der Waals surface area contributed by atoms with Gasteiger partial charge in [0, 0.05) is 6.07 Å². The standard InChI is InChI=1S/C19H12N6O7S/c1-31-16-7-10(6-12-17(20)23-19(22-18(12)26)33-9-21-23)2-4-15(16)32-14-5-3-11(24(27)28)8-13(14)25(29)30/h2-9,20H,1H3. The van der Waals surface area contributed by atoms with Gasteiger partial charge in [-0.25, -0.2) is 0 Å². The second-order valence-corrected chi connectivity index (χ2v) is 7.25. The summed E-state index contributed by atoms with van der Waals surface area (Å²) in [7, 11) is 1.35. The Morgan fingerprint density at radius 1 is 1.09 bits per heavy atom. The van der Waals surface area contributed by atoms with E-state index in [9.17, 15) is 25.0 Å². The van der Waals surface area contributed by atoms with Gasteiger partial charge < -0.3 is 9.47 Å². The molecule has 0 unspecified atom stereocenters. The highest BCUT2D eigenvalue weighted by Gasteiger charge is 2.32. The van der Waals surface area contributed by atoms with Gasteiger partial charge in [0.2, 0.25) is 5.75 Å². The Balaban J connectivity index is 1.66. The van der Waals surface area contributed by atoms with Gasteiger partial charge in [0.15, 0.2) is 22.5 Å². The third kappa shape index (κ3) is 4.14. The number of benzene rings is 2. The first-order valence-corrected chi connectivity index (χ1v) is 9.88. The number of aliphatic imine (C=N–C) groups is 1. The van der Waals surface area contributed by atoms with Crippen molar-refractivity contribution in [2.24, 2.45) is 10.1 Å². The van der Waals surface area contributed by atoms with Crippen LogP contribution in [0.2, 0.25) is 0 Å². The number of carbonyl (C=O) groups is 1. The lowest BCUT2D eigenvalue weighted by Crippen LogP contribution is -2.35. The normalized spacial score (nSPS) is 16.0. The number of nitrogens with one attached hydrogen (secondary N) is 1. The number of hydrogen-bond acceptors (Lipinski definition) is 10. The van der Waals surface area contributed by atoms with Crippen molar-refractivity contribution in [2.45, 2.75) is 0 Å². The van der Waals surface area contributed by atoms with Crippen LogP contribution in [0.1, 0.15) is 5.56 Å². The van der Waals surface area contributed by atoms with Crippen molar-refractivity contribution in [3.63, 3.8) is 0 Å². The largest absolute Gasteiger partial charge is 0.493 e. The van der Waals surface area contributed by atoms with E-state index in [-0.39, 0.29) is 28.7 Å². The molecule has 0 aliphatic carbocycles. The van der Waals surface area contributed by atoms with Crippen molar-refractivity contribution in [3.8, 4) is 17.2 Å². The predicted octanol–water partition coefficient (Wildman–Crippen LogP) is 3.55. The molecule has 2 heterocycles. The Kier molecular flexibility index (Phi) is 5.58. The minimum atomic E-state index is -0.790. The molecule has 0 aromatic heterocycles. The Labute approximate surface area is 188 Å². The first-order valence-electron chi connectivity index (χ1n) is 9.00. The molecule has 2 aliphatic heterocycles. The van der Waals surface area contributed by atoms with E-state index in [0.29, 0.717) is 10.7 Å². The van der Waals surface area contributed by atoms with Crippen molar-refractivity contribution < 1.29 is 24.1 Å². The van der Waals surface area contributed by atoms with Crippen LogP contribution in [0, 0.1) is 25.6 Å². The molecule has 0 radical (unpaired) electrons. The van der Waals surface area contributed by atoms with Crippen LogP contribution in [0.25, 0.3) is 6.08 Å². The number of nitrogens with zero attached hydrogens (tertiary/aromatic N) is 5. The Hall–Kier alpha value is -4.59. The fourth-order valence-electron chi connectivity index (χ4n) is 2.93. The highest BCUT2D eigenvalue weighted by molar-refractivity contribution is 8.25. The number of hydrogen-bond donors (Lipinski definition) is 1. The summed E-state index contributed by atoms with van der Waals surface area (Å²) in [5, 5.41) is 36.0. The van der Waals surface area contributed by atoms with Gasteiger partial charge in [-0.3, -0.25) is 30.4 Å². The van der Waals surface area contributed by atoms with Crippen LogP contribution in [0.15, 0.2) is 52.1 Å². The third-order valence-corrected chi connectivity index (χ3v) is 5.14. The van der Waals surface area contributed by atoms with Gasteiger partial charge in [-0.05, 0) is 41.6 Å². The van der Waals surface area contributed by atoms with E-state index in [0.717, 1.165) is 30.0 Å². The van der Waals surface area contributed by atoms with E-state index in [2.05, 4.69) is 10.1 Å². The number of fused-ring (bicyclic) bond motifs is 1. The Morgan fingerprint density at radius 2 is 1.85 bits per heavy atom. The SMILES string of the molecule is COc1cc(C=C2C(=N)N3N=CSC3=NC2=O)ccc1Oc1ccc([N+](=O)[O-])cc1[N+](=O)[O-]. The highest BCUT2D eigenvalue weighted by Crippen LogP contribution is 2.38. The summed E-state index contributed by atoms with van der Waals surface area (Å²) in [6, 6.07) is 7.51. The number of non-ortho nitro benzene ring substituents is 1.